The molecule has 1 aromatic rings. The third kappa shape index (κ3) is 1.85. The lowest BCUT2D eigenvalue weighted by Gasteiger charge is -2.15. The van der Waals surface area contributed by atoms with E-state index in [4.69, 9.17) is 0 Å². The van der Waals surface area contributed by atoms with E-state index in [2.05, 4.69) is 11.9 Å². The van der Waals surface area contributed by atoms with E-state index < -0.39 is 11.7 Å². The quantitative estimate of drug-likeness (QED) is 0.782. The van der Waals surface area contributed by atoms with Crippen molar-refractivity contribution in [3.8, 4) is 0 Å². The molecule has 0 bridgehead atoms. The Morgan fingerprint density at radius 1 is 1.44 bits per heavy atom. The molecule has 86 valence electrons. The highest BCUT2D eigenvalue weighted by Gasteiger charge is 2.32. The molecule has 0 atom stereocenters. The van der Waals surface area contributed by atoms with Crippen LogP contribution in [0.25, 0.3) is 0 Å². The molecule has 0 aliphatic carbocycles. The summed E-state index contributed by atoms with van der Waals surface area (Å²) >= 11 is 0. The average Bonchev–Trinajstić information content (AvgIpc) is 2.60. The zero-order valence-corrected chi connectivity index (χ0v) is 8.51. The van der Waals surface area contributed by atoms with Crippen molar-refractivity contribution < 1.29 is 13.2 Å². The first-order chi connectivity index (χ1) is 7.52. The molecule has 0 fully saturated rings. The van der Waals surface area contributed by atoms with Gasteiger partial charge in [-0.3, -0.25) is 0 Å². The Hall–Kier alpha value is -1.65. The third-order valence-electron chi connectivity index (χ3n) is 2.47. The molecule has 1 aliphatic rings. The number of hydrogen-bond donors (Lipinski definition) is 1. The molecule has 0 aromatic heterocycles. The molecule has 2 rings (SSSR count). The van der Waals surface area contributed by atoms with Crippen LogP contribution in [0.15, 0.2) is 30.9 Å². The van der Waals surface area contributed by atoms with E-state index >= 15 is 0 Å². The maximum atomic E-state index is 12.4. The number of anilines is 2. The van der Waals surface area contributed by atoms with Crippen molar-refractivity contribution in [2.45, 2.75) is 6.18 Å². The Morgan fingerprint density at radius 3 is 2.81 bits per heavy atom. The second-order valence-electron chi connectivity index (χ2n) is 3.58. The van der Waals surface area contributed by atoms with Gasteiger partial charge in [0.2, 0.25) is 0 Å². The molecule has 0 spiro atoms. The second kappa shape index (κ2) is 3.73. The summed E-state index contributed by atoms with van der Waals surface area (Å²) in [7, 11) is 0. The SMILES string of the molecule is C=CCN1CNc2cc(C(F)(F)F)ccc21. The van der Waals surface area contributed by atoms with E-state index in [-0.39, 0.29) is 0 Å². The van der Waals surface area contributed by atoms with E-state index in [1.807, 2.05) is 4.90 Å². The maximum Gasteiger partial charge on any atom is 0.416 e. The fraction of sp³-hybridized carbons (Fsp3) is 0.273. The van der Waals surface area contributed by atoms with Crippen LogP contribution in [-0.4, -0.2) is 13.2 Å². The van der Waals surface area contributed by atoms with Gasteiger partial charge < -0.3 is 10.2 Å². The summed E-state index contributed by atoms with van der Waals surface area (Å²) < 4.78 is 37.3. The van der Waals surface area contributed by atoms with Crippen LogP contribution in [0.1, 0.15) is 5.56 Å². The van der Waals surface area contributed by atoms with Crippen molar-refractivity contribution in [2.75, 3.05) is 23.4 Å². The number of alkyl halides is 3. The number of rotatable bonds is 2. The Balaban J connectivity index is 2.33. The van der Waals surface area contributed by atoms with Gasteiger partial charge in [0.05, 0.1) is 23.6 Å². The lowest BCUT2D eigenvalue weighted by atomic mass is 10.1. The highest BCUT2D eigenvalue weighted by atomic mass is 19.4. The molecule has 2 nitrogen and oxygen atoms in total. The minimum atomic E-state index is -4.29. The van der Waals surface area contributed by atoms with Crippen molar-refractivity contribution in [3.05, 3.63) is 36.4 Å². The first kappa shape index (κ1) is 10.9. The van der Waals surface area contributed by atoms with Gasteiger partial charge in [0.1, 0.15) is 0 Å². The fourth-order valence-corrected chi connectivity index (χ4v) is 1.71. The number of halogens is 3. The van der Waals surface area contributed by atoms with Gasteiger partial charge in [0.15, 0.2) is 0 Å². The van der Waals surface area contributed by atoms with Gasteiger partial charge in [-0.25, -0.2) is 0 Å². The van der Waals surface area contributed by atoms with Crippen molar-refractivity contribution in [3.63, 3.8) is 0 Å². The van der Waals surface area contributed by atoms with E-state index in [0.29, 0.717) is 18.9 Å². The Kier molecular flexibility index (Phi) is 2.53. The number of benzene rings is 1. The lowest BCUT2D eigenvalue weighted by Crippen LogP contribution is -2.22. The van der Waals surface area contributed by atoms with Crippen molar-refractivity contribution in [1.82, 2.24) is 0 Å². The van der Waals surface area contributed by atoms with E-state index in [1.54, 1.807) is 6.08 Å². The molecule has 16 heavy (non-hydrogen) atoms. The molecule has 0 unspecified atom stereocenters. The minimum Gasteiger partial charge on any atom is -0.366 e. The predicted octanol–water partition coefficient (Wildman–Crippen LogP) is 3.08. The van der Waals surface area contributed by atoms with Crippen LogP contribution >= 0.6 is 0 Å². The summed E-state index contributed by atoms with van der Waals surface area (Å²) in [5.74, 6) is 0. The molecule has 0 radical (unpaired) electrons. The Labute approximate surface area is 91.4 Å². The van der Waals surface area contributed by atoms with Gasteiger partial charge in [-0.15, -0.1) is 6.58 Å². The van der Waals surface area contributed by atoms with Gasteiger partial charge in [-0.05, 0) is 18.2 Å². The second-order valence-corrected chi connectivity index (χ2v) is 3.58. The average molecular weight is 228 g/mol. The monoisotopic (exact) mass is 228 g/mol. The zero-order chi connectivity index (χ0) is 11.8. The molecule has 0 amide bonds. The lowest BCUT2D eigenvalue weighted by molar-refractivity contribution is -0.137. The van der Waals surface area contributed by atoms with Crippen LogP contribution in [0.4, 0.5) is 24.5 Å². The summed E-state index contributed by atoms with van der Waals surface area (Å²) in [6.07, 6.45) is -2.57. The number of nitrogens with zero attached hydrogens (tertiary/aromatic N) is 1. The van der Waals surface area contributed by atoms with Crippen molar-refractivity contribution in [2.24, 2.45) is 0 Å². The first-order valence-electron chi connectivity index (χ1n) is 4.83. The van der Waals surface area contributed by atoms with Crippen LogP contribution in [0.2, 0.25) is 0 Å². The Bertz CT molecular complexity index is 412. The minimum absolute atomic E-state index is 0.517. The molecule has 1 heterocycles. The standard InChI is InChI=1S/C11H11F3N2/c1-2-5-16-7-15-9-6-8(11(12,13)14)3-4-10(9)16/h2-4,6,15H,1,5,7H2. The van der Waals surface area contributed by atoms with Crippen LogP contribution in [0.3, 0.4) is 0 Å². The molecule has 1 aliphatic heterocycles. The van der Waals surface area contributed by atoms with Crippen molar-refractivity contribution in [1.29, 1.82) is 0 Å². The van der Waals surface area contributed by atoms with Crippen LogP contribution in [0.5, 0.6) is 0 Å². The summed E-state index contributed by atoms with van der Waals surface area (Å²) in [5, 5.41) is 2.93. The van der Waals surface area contributed by atoms with Gasteiger partial charge in [0, 0.05) is 6.54 Å². The summed E-state index contributed by atoms with van der Waals surface area (Å²) in [4.78, 5) is 1.92. The summed E-state index contributed by atoms with van der Waals surface area (Å²) in [6.45, 7) is 4.74. The number of nitrogens with one attached hydrogen (secondary N) is 1. The van der Waals surface area contributed by atoms with E-state index in [0.717, 1.165) is 17.8 Å². The van der Waals surface area contributed by atoms with Crippen LogP contribution in [0, 0.1) is 0 Å². The van der Waals surface area contributed by atoms with E-state index in [1.165, 1.54) is 6.07 Å². The topological polar surface area (TPSA) is 15.3 Å². The van der Waals surface area contributed by atoms with E-state index in [9.17, 15) is 13.2 Å². The molecule has 1 aromatic carbocycles. The third-order valence-corrected chi connectivity index (χ3v) is 2.47. The summed E-state index contributed by atoms with van der Waals surface area (Å²) in [5.41, 5.74) is 0.684. The smallest absolute Gasteiger partial charge is 0.366 e. The number of hydrogen-bond acceptors (Lipinski definition) is 2. The zero-order valence-electron chi connectivity index (χ0n) is 8.51. The largest absolute Gasteiger partial charge is 0.416 e. The highest BCUT2D eigenvalue weighted by molar-refractivity contribution is 5.75. The molecule has 1 N–H and O–H groups in total. The normalized spacial score (nSPS) is 14.6. The molecule has 0 saturated carbocycles. The maximum absolute atomic E-state index is 12.4. The molecule has 0 saturated heterocycles. The molecule has 5 heteroatoms. The van der Waals surface area contributed by atoms with Gasteiger partial charge in [-0.2, -0.15) is 13.2 Å². The van der Waals surface area contributed by atoms with Crippen LogP contribution in [-0.2, 0) is 6.18 Å². The predicted molar refractivity (Wildman–Crippen MR) is 57.5 cm³/mol. The van der Waals surface area contributed by atoms with Gasteiger partial charge >= 0.3 is 6.18 Å². The van der Waals surface area contributed by atoms with Crippen LogP contribution < -0.4 is 10.2 Å². The molecular weight excluding hydrogens is 217 g/mol. The highest BCUT2D eigenvalue weighted by Crippen LogP contribution is 2.37. The van der Waals surface area contributed by atoms with Gasteiger partial charge in [-0.1, -0.05) is 6.08 Å². The van der Waals surface area contributed by atoms with Crippen molar-refractivity contribution >= 4 is 11.4 Å². The van der Waals surface area contributed by atoms with Gasteiger partial charge in [0.25, 0.3) is 0 Å². The first-order valence-corrected chi connectivity index (χ1v) is 4.83. The number of fused-ring (bicyclic) bond motifs is 1. The molecular formula is C11H11F3N2. The summed E-state index contributed by atoms with van der Waals surface area (Å²) in [6, 6.07) is 3.72. The fourth-order valence-electron chi connectivity index (χ4n) is 1.71. The Morgan fingerprint density at radius 2 is 2.19 bits per heavy atom.